The van der Waals surface area contributed by atoms with Crippen LogP contribution in [0.1, 0.15) is 51.9 Å². The van der Waals surface area contributed by atoms with Crippen molar-refractivity contribution in [1.29, 1.82) is 0 Å². The minimum Gasteiger partial charge on any atom is -0.303 e. The number of hydrogen-bond acceptors (Lipinski definition) is 2. The van der Waals surface area contributed by atoms with Gasteiger partial charge in [0.25, 0.3) is 0 Å². The third-order valence-electron chi connectivity index (χ3n) is 4.13. The summed E-state index contributed by atoms with van der Waals surface area (Å²) < 4.78 is 0. The fraction of sp³-hybridized carbons (Fsp3) is 0.412. The molecule has 3 rings (SSSR count). The molecule has 0 spiro atoms. The van der Waals surface area contributed by atoms with Crippen molar-refractivity contribution in [3.05, 3.63) is 56.8 Å². The second-order valence-corrected chi connectivity index (χ2v) is 7.01. The smallest absolute Gasteiger partial charge is 0.0331 e. The molecule has 0 saturated carbocycles. The van der Waals surface area contributed by atoms with Gasteiger partial charge in [-0.3, -0.25) is 0 Å². The maximum Gasteiger partial charge on any atom is 0.0331 e. The largest absolute Gasteiger partial charge is 0.303 e. The first-order valence-electron chi connectivity index (χ1n) is 7.06. The molecular formula is C17H21NS. The molecule has 1 aromatic heterocycles. The number of thiophene rings is 1. The Morgan fingerprint density at radius 1 is 1.26 bits per heavy atom. The average molecular weight is 271 g/mol. The Bertz CT molecular complexity index is 585. The van der Waals surface area contributed by atoms with Crippen molar-refractivity contribution in [1.82, 2.24) is 5.32 Å². The summed E-state index contributed by atoms with van der Waals surface area (Å²) in [5, 5.41) is 3.81. The highest BCUT2D eigenvalue weighted by Crippen LogP contribution is 2.34. The van der Waals surface area contributed by atoms with Crippen LogP contribution in [0.25, 0.3) is 0 Å². The first-order chi connectivity index (χ1) is 9.15. The van der Waals surface area contributed by atoms with Gasteiger partial charge in [-0.1, -0.05) is 24.3 Å². The van der Waals surface area contributed by atoms with Crippen molar-refractivity contribution in [2.24, 2.45) is 0 Å². The van der Waals surface area contributed by atoms with E-state index in [4.69, 9.17) is 0 Å². The Morgan fingerprint density at radius 2 is 2.05 bits per heavy atom. The summed E-state index contributed by atoms with van der Waals surface area (Å²) in [6, 6.07) is 12.1. The lowest BCUT2D eigenvalue weighted by molar-refractivity contribution is 0.464. The van der Waals surface area contributed by atoms with Gasteiger partial charge in [-0.25, -0.2) is 0 Å². The number of benzene rings is 1. The molecule has 1 aliphatic carbocycles. The molecule has 0 aliphatic heterocycles. The molecule has 2 atom stereocenters. The van der Waals surface area contributed by atoms with Crippen LogP contribution in [-0.2, 0) is 6.42 Å². The molecule has 0 amide bonds. The van der Waals surface area contributed by atoms with E-state index >= 15 is 0 Å². The van der Waals surface area contributed by atoms with Crippen LogP contribution in [0, 0.1) is 13.8 Å². The molecule has 19 heavy (non-hydrogen) atoms. The van der Waals surface area contributed by atoms with Gasteiger partial charge in [0.05, 0.1) is 0 Å². The van der Waals surface area contributed by atoms with Gasteiger partial charge < -0.3 is 5.32 Å². The predicted molar refractivity (Wildman–Crippen MR) is 82.8 cm³/mol. The maximum absolute atomic E-state index is 3.81. The second kappa shape index (κ2) is 5.10. The Morgan fingerprint density at radius 3 is 2.79 bits per heavy atom. The third kappa shape index (κ3) is 2.47. The van der Waals surface area contributed by atoms with E-state index in [0.717, 1.165) is 0 Å². The summed E-state index contributed by atoms with van der Waals surface area (Å²) >= 11 is 1.90. The summed E-state index contributed by atoms with van der Waals surface area (Å²) in [4.78, 5) is 2.86. The van der Waals surface area contributed by atoms with Crippen LogP contribution >= 0.6 is 11.3 Å². The fourth-order valence-electron chi connectivity index (χ4n) is 3.20. The number of rotatable bonds is 3. The minimum absolute atomic E-state index is 0.432. The van der Waals surface area contributed by atoms with Crippen LogP contribution in [0.4, 0.5) is 0 Å². The maximum atomic E-state index is 3.81. The Balaban J connectivity index is 1.78. The summed E-state index contributed by atoms with van der Waals surface area (Å²) in [6.45, 7) is 6.71. The second-order valence-electron chi connectivity index (χ2n) is 5.55. The monoisotopic (exact) mass is 271 g/mol. The van der Waals surface area contributed by atoms with E-state index in [1.165, 1.54) is 39.3 Å². The molecule has 2 unspecified atom stereocenters. The number of hydrogen-bond donors (Lipinski definition) is 1. The Hall–Kier alpha value is -1.12. The zero-order valence-corrected chi connectivity index (χ0v) is 12.7. The molecule has 1 aliphatic rings. The van der Waals surface area contributed by atoms with E-state index in [9.17, 15) is 0 Å². The standard InChI is InChI=1S/C17H21NS/c1-11-10-16(13(3)19-11)12(2)18-17-9-8-14-6-4-5-7-15(14)17/h4-7,10,12,17-18H,8-9H2,1-3H3. The molecular weight excluding hydrogens is 250 g/mol. The van der Waals surface area contributed by atoms with Crippen molar-refractivity contribution in [2.45, 2.75) is 45.7 Å². The van der Waals surface area contributed by atoms with Crippen LogP contribution < -0.4 is 5.32 Å². The van der Waals surface area contributed by atoms with Crippen molar-refractivity contribution < 1.29 is 0 Å². The lowest BCUT2D eigenvalue weighted by atomic mass is 10.0. The van der Waals surface area contributed by atoms with E-state index in [2.05, 4.69) is 56.4 Å². The van der Waals surface area contributed by atoms with Gasteiger partial charge in [0.15, 0.2) is 0 Å². The Kier molecular flexibility index (Phi) is 3.46. The highest BCUT2D eigenvalue weighted by molar-refractivity contribution is 7.12. The number of nitrogens with one attached hydrogen (secondary N) is 1. The molecule has 1 aromatic carbocycles. The van der Waals surface area contributed by atoms with Crippen molar-refractivity contribution in [3.63, 3.8) is 0 Å². The van der Waals surface area contributed by atoms with E-state index in [0.29, 0.717) is 12.1 Å². The molecule has 2 aromatic rings. The van der Waals surface area contributed by atoms with Crippen LogP contribution in [0.2, 0.25) is 0 Å². The molecule has 1 nitrogen and oxygen atoms in total. The lowest BCUT2D eigenvalue weighted by Crippen LogP contribution is -2.23. The number of fused-ring (bicyclic) bond motifs is 1. The average Bonchev–Trinajstić information content (AvgIpc) is 2.94. The molecule has 0 fully saturated rings. The topological polar surface area (TPSA) is 12.0 Å². The van der Waals surface area contributed by atoms with E-state index in [-0.39, 0.29) is 0 Å². The van der Waals surface area contributed by atoms with Crippen molar-refractivity contribution in [2.75, 3.05) is 0 Å². The fourth-order valence-corrected chi connectivity index (χ4v) is 4.22. The van der Waals surface area contributed by atoms with E-state index in [1.807, 2.05) is 11.3 Å². The molecule has 0 radical (unpaired) electrons. The van der Waals surface area contributed by atoms with Crippen LogP contribution in [-0.4, -0.2) is 0 Å². The molecule has 1 N–H and O–H groups in total. The zero-order valence-electron chi connectivity index (χ0n) is 11.9. The predicted octanol–water partition coefficient (Wildman–Crippen LogP) is 4.70. The van der Waals surface area contributed by atoms with Crippen molar-refractivity contribution >= 4 is 11.3 Å². The zero-order chi connectivity index (χ0) is 13.4. The molecule has 0 saturated heterocycles. The van der Waals surface area contributed by atoms with Crippen LogP contribution in [0.15, 0.2) is 30.3 Å². The summed E-state index contributed by atoms with van der Waals surface area (Å²) in [7, 11) is 0. The van der Waals surface area contributed by atoms with Gasteiger partial charge in [0.1, 0.15) is 0 Å². The quantitative estimate of drug-likeness (QED) is 0.853. The first-order valence-corrected chi connectivity index (χ1v) is 7.87. The highest BCUT2D eigenvalue weighted by Gasteiger charge is 2.24. The summed E-state index contributed by atoms with van der Waals surface area (Å²) in [6.07, 6.45) is 2.44. The Labute approximate surface area is 119 Å². The van der Waals surface area contributed by atoms with Gasteiger partial charge in [-0.2, -0.15) is 0 Å². The van der Waals surface area contributed by atoms with E-state index in [1.54, 1.807) is 0 Å². The molecule has 0 bridgehead atoms. The van der Waals surface area contributed by atoms with Gasteiger partial charge in [0, 0.05) is 21.8 Å². The van der Waals surface area contributed by atoms with Gasteiger partial charge in [-0.05, 0) is 56.4 Å². The van der Waals surface area contributed by atoms with Gasteiger partial charge in [-0.15, -0.1) is 11.3 Å². The van der Waals surface area contributed by atoms with Crippen LogP contribution in [0.5, 0.6) is 0 Å². The molecule has 1 heterocycles. The molecule has 100 valence electrons. The van der Waals surface area contributed by atoms with Gasteiger partial charge >= 0.3 is 0 Å². The minimum atomic E-state index is 0.432. The third-order valence-corrected chi connectivity index (χ3v) is 5.11. The lowest BCUT2D eigenvalue weighted by Gasteiger charge is -2.20. The van der Waals surface area contributed by atoms with E-state index < -0.39 is 0 Å². The van der Waals surface area contributed by atoms with Crippen LogP contribution in [0.3, 0.4) is 0 Å². The SMILES string of the molecule is Cc1cc(C(C)NC2CCc3ccccc32)c(C)s1. The van der Waals surface area contributed by atoms with Gasteiger partial charge in [0.2, 0.25) is 0 Å². The first kappa shape index (κ1) is 12.9. The molecule has 2 heteroatoms. The number of aryl methyl sites for hydroxylation is 3. The summed E-state index contributed by atoms with van der Waals surface area (Å²) in [5.74, 6) is 0. The summed E-state index contributed by atoms with van der Waals surface area (Å²) in [5.41, 5.74) is 4.48. The van der Waals surface area contributed by atoms with Crippen molar-refractivity contribution in [3.8, 4) is 0 Å². The highest BCUT2D eigenvalue weighted by atomic mass is 32.1. The normalized spacial score (nSPS) is 19.4.